The van der Waals surface area contributed by atoms with E-state index >= 15 is 0 Å². The van der Waals surface area contributed by atoms with Gasteiger partial charge in [0.2, 0.25) is 0 Å². The van der Waals surface area contributed by atoms with Gasteiger partial charge in [-0.25, -0.2) is 9.38 Å². The lowest BCUT2D eigenvalue weighted by molar-refractivity contribution is 0.354. The Kier molecular flexibility index (Phi) is 8.42. The Morgan fingerprint density at radius 2 is 1.81 bits per heavy atom. The van der Waals surface area contributed by atoms with Crippen molar-refractivity contribution in [3.8, 4) is 11.5 Å². The molecule has 0 aliphatic rings. The van der Waals surface area contributed by atoms with Crippen LogP contribution in [0.4, 0.5) is 4.39 Å². The van der Waals surface area contributed by atoms with E-state index in [2.05, 4.69) is 15.6 Å². The molecule has 0 aliphatic carbocycles. The molecular weight excluding hydrogens is 345 g/mol. The standard InChI is InChI=1S/C21H28FN3O2/c1-4-23-21(25-15-17-9-5-6-10-18(17)22)24-13-7-8-16-11-12-19(26-2)20(14-16)27-3/h5-6,9-12,14H,4,7-8,13,15H2,1-3H3,(H2,23,24,25). The molecule has 0 radical (unpaired) electrons. The third-order valence-electron chi connectivity index (χ3n) is 4.09. The van der Waals surface area contributed by atoms with Crippen LogP contribution in [0, 0.1) is 5.82 Å². The van der Waals surface area contributed by atoms with Crippen LogP contribution in [0.25, 0.3) is 0 Å². The molecule has 0 bridgehead atoms. The summed E-state index contributed by atoms with van der Waals surface area (Å²) in [6.07, 6.45) is 1.83. The molecule has 146 valence electrons. The number of benzene rings is 2. The Morgan fingerprint density at radius 3 is 2.52 bits per heavy atom. The van der Waals surface area contributed by atoms with E-state index in [-0.39, 0.29) is 5.82 Å². The van der Waals surface area contributed by atoms with Crippen LogP contribution < -0.4 is 20.1 Å². The minimum atomic E-state index is -0.231. The maximum atomic E-state index is 13.7. The number of rotatable bonds is 9. The van der Waals surface area contributed by atoms with Crippen LogP contribution in [0.15, 0.2) is 47.5 Å². The highest BCUT2D eigenvalue weighted by Gasteiger charge is 2.05. The zero-order chi connectivity index (χ0) is 19.5. The van der Waals surface area contributed by atoms with Crippen molar-refractivity contribution in [1.29, 1.82) is 0 Å². The summed E-state index contributed by atoms with van der Waals surface area (Å²) < 4.78 is 24.3. The highest BCUT2D eigenvalue weighted by molar-refractivity contribution is 5.79. The number of ether oxygens (including phenoxy) is 2. The summed E-state index contributed by atoms with van der Waals surface area (Å²) in [4.78, 5) is 4.46. The molecule has 0 spiro atoms. The smallest absolute Gasteiger partial charge is 0.191 e. The third-order valence-corrected chi connectivity index (χ3v) is 4.09. The summed E-state index contributed by atoms with van der Waals surface area (Å²) in [7, 11) is 3.27. The average Bonchev–Trinajstić information content (AvgIpc) is 2.70. The normalized spacial score (nSPS) is 11.2. The molecular formula is C21H28FN3O2. The van der Waals surface area contributed by atoms with Gasteiger partial charge in [0.25, 0.3) is 0 Å². The highest BCUT2D eigenvalue weighted by atomic mass is 19.1. The minimum Gasteiger partial charge on any atom is -0.493 e. The Morgan fingerprint density at radius 1 is 1.04 bits per heavy atom. The number of aliphatic imine (C=N–C) groups is 1. The zero-order valence-corrected chi connectivity index (χ0v) is 16.2. The predicted molar refractivity (Wildman–Crippen MR) is 107 cm³/mol. The fourth-order valence-corrected chi connectivity index (χ4v) is 2.67. The summed E-state index contributed by atoms with van der Waals surface area (Å²) in [6.45, 7) is 3.82. The first-order chi connectivity index (χ1) is 13.2. The zero-order valence-electron chi connectivity index (χ0n) is 16.2. The molecule has 2 aromatic rings. The van der Waals surface area contributed by atoms with E-state index in [0.717, 1.165) is 37.4 Å². The monoisotopic (exact) mass is 373 g/mol. The topological polar surface area (TPSA) is 54.9 Å². The van der Waals surface area contributed by atoms with Gasteiger partial charge in [0.15, 0.2) is 17.5 Å². The van der Waals surface area contributed by atoms with Gasteiger partial charge in [-0.15, -0.1) is 0 Å². The van der Waals surface area contributed by atoms with Crippen molar-refractivity contribution in [1.82, 2.24) is 10.6 Å². The van der Waals surface area contributed by atoms with E-state index in [9.17, 15) is 4.39 Å². The lowest BCUT2D eigenvalue weighted by Gasteiger charge is -2.12. The van der Waals surface area contributed by atoms with Gasteiger partial charge >= 0.3 is 0 Å². The van der Waals surface area contributed by atoms with E-state index in [1.807, 2.05) is 31.2 Å². The van der Waals surface area contributed by atoms with Crippen LogP contribution in [0.2, 0.25) is 0 Å². The number of hydrogen-bond donors (Lipinski definition) is 2. The number of halogens is 1. The van der Waals surface area contributed by atoms with Crippen molar-refractivity contribution in [2.24, 2.45) is 4.99 Å². The Bertz CT molecular complexity index is 750. The van der Waals surface area contributed by atoms with E-state index in [1.165, 1.54) is 11.6 Å². The van der Waals surface area contributed by atoms with Gasteiger partial charge in [-0.05, 0) is 43.5 Å². The van der Waals surface area contributed by atoms with Crippen LogP contribution in [0.5, 0.6) is 11.5 Å². The molecule has 2 N–H and O–H groups in total. The molecule has 2 aromatic carbocycles. The predicted octanol–water partition coefficient (Wildman–Crippen LogP) is 3.53. The Balaban J connectivity index is 1.85. The van der Waals surface area contributed by atoms with E-state index in [4.69, 9.17) is 9.47 Å². The molecule has 0 saturated heterocycles. The quantitative estimate of drug-likeness (QED) is 0.401. The first-order valence-electron chi connectivity index (χ1n) is 9.14. The van der Waals surface area contributed by atoms with Crippen LogP contribution in [0.1, 0.15) is 24.5 Å². The average molecular weight is 373 g/mol. The highest BCUT2D eigenvalue weighted by Crippen LogP contribution is 2.27. The largest absolute Gasteiger partial charge is 0.493 e. The molecule has 0 heterocycles. The second kappa shape index (κ2) is 11.1. The Hall–Kier alpha value is -2.76. The van der Waals surface area contributed by atoms with E-state index in [0.29, 0.717) is 18.1 Å². The molecule has 2 rings (SSSR count). The van der Waals surface area contributed by atoms with Crippen molar-refractivity contribution < 1.29 is 13.9 Å². The van der Waals surface area contributed by atoms with Gasteiger partial charge in [0.1, 0.15) is 5.82 Å². The number of aryl methyl sites for hydroxylation is 1. The summed E-state index contributed by atoms with van der Waals surface area (Å²) in [5.74, 6) is 1.93. The second-order valence-electron chi connectivity index (χ2n) is 6.01. The van der Waals surface area contributed by atoms with Crippen LogP contribution >= 0.6 is 0 Å². The first-order valence-corrected chi connectivity index (χ1v) is 9.14. The second-order valence-corrected chi connectivity index (χ2v) is 6.01. The number of nitrogens with one attached hydrogen (secondary N) is 2. The summed E-state index contributed by atoms with van der Waals surface area (Å²) in [5.41, 5.74) is 1.77. The molecule has 27 heavy (non-hydrogen) atoms. The van der Waals surface area contributed by atoms with Crippen molar-refractivity contribution >= 4 is 5.96 Å². The molecule has 0 amide bonds. The SMILES string of the molecule is CCNC(=NCc1ccccc1F)NCCCc1ccc(OC)c(OC)c1. The molecule has 0 saturated carbocycles. The maximum absolute atomic E-state index is 13.7. The van der Waals surface area contributed by atoms with Crippen LogP contribution in [-0.4, -0.2) is 33.3 Å². The van der Waals surface area contributed by atoms with Gasteiger partial charge in [-0.3, -0.25) is 0 Å². The summed E-state index contributed by atoms with van der Waals surface area (Å²) >= 11 is 0. The molecule has 0 fully saturated rings. The third kappa shape index (κ3) is 6.47. The molecule has 0 aliphatic heterocycles. The van der Waals surface area contributed by atoms with Gasteiger partial charge in [-0.2, -0.15) is 0 Å². The number of hydrogen-bond acceptors (Lipinski definition) is 3. The van der Waals surface area contributed by atoms with Gasteiger partial charge < -0.3 is 20.1 Å². The molecule has 0 unspecified atom stereocenters. The van der Waals surface area contributed by atoms with Crippen molar-refractivity contribution in [3.63, 3.8) is 0 Å². The summed E-state index contributed by atoms with van der Waals surface area (Å²) in [6, 6.07) is 12.7. The van der Waals surface area contributed by atoms with Crippen molar-refractivity contribution in [3.05, 3.63) is 59.4 Å². The molecule has 5 nitrogen and oxygen atoms in total. The van der Waals surface area contributed by atoms with E-state index < -0.39 is 0 Å². The molecule has 0 atom stereocenters. The maximum Gasteiger partial charge on any atom is 0.191 e. The number of methoxy groups -OCH3 is 2. The molecule has 0 aromatic heterocycles. The summed E-state index contributed by atoms with van der Waals surface area (Å²) in [5, 5.41) is 6.48. The Labute approximate surface area is 160 Å². The van der Waals surface area contributed by atoms with Crippen molar-refractivity contribution in [2.75, 3.05) is 27.3 Å². The van der Waals surface area contributed by atoms with Crippen LogP contribution in [-0.2, 0) is 13.0 Å². The fourth-order valence-electron chi connectivity index (χ4n) is 2.67. The lowest BCUT2D eigenvalue weighted by atomic mass is 10.1. The van der Waals surface area contributed by atoms with Gasteiger partial charge in [0.05, 0.1) is 20.8 Å². The van der Waals surface area contributed by atoms with Crippen LogP contribution in [0.3, 0.4) is 0 Å². The lowest BCUT2D eigenvalue weighted by Crippen LogP contribution is -2.37. The minimum absolute atomic E-state index is 0.231. The van der Waals surface area contributed by atoms with Gasteiger partial charge in [-0.1, -0.05) is 24.3 Å². The first kappa shape index (κ1) is 20.6. The van der Waals surface area contributed by atoms with Gasteiger partial charge in [0, 0.05) is 18.7 Å². The number of guanidine groups is 1. The fraction of sp³-hybridized carbons (Fsp3) is 0.381. The van der Waals surface area contributed by atoms with E-state index in [1.54, 1.807) is 26.4 Å². The number of nitrogens with zero attached hydrogens (tertiary/aromatic N) is 1. The molecule has 6 heteroatoms. The van der Waals surface area contributed by atoms with Crippen molar-refractivity contribution in [2.45, 2.75) is 26.3 Å².